The summed E-state index contributed by atoms with van der Waals surface area (Å²) in [5.41, 5.74) is 1.21. The average molecular weight is 327 g/mol. The molecular formula is C17H23ClO4. The van der Waals surface area contributed by atoms with Crippen molar-refractivity contribution in [2.45, 2.75) is 39.5 Å². The molecule has 5 heteroatoms. The van der Waals surface area contributed by atoms with Crippen molar-refractivity contribution in [3.63, 3.8) is 0 Å². The SMILES string of the molecule is CCOC(=O)C(CCCC(C)Cc1ccc(Cl)cc1)C(=O)O. The average Bonchev–Trinajstić information content (AvgIpc) is 2.46. The predicted octanol–water partition coefficient (Wildman–Crippen LogP) is 3.95. The minimum Gasteiger partial charge on any atom is -0.481 e. The van der Waals surface area contributed by atoms with Crippen LogP contribution in [0.5, 0.6) is 0 Å². The summed E-state index contributed by atoms with van der Waals surface area (Å²) in [6.07, 6.45) is 2.78. The van der Waals surface area contributed by atoms with E-state index in [1.807, 2.05) is 24.3 Å². The zero-order chi connectivity index (χ0) is 16.5. The summed E-state index contributed by atoms with van der Waals surface area (Å²) in [5.74, 6) is -2.38. The lowest BCUT2D eigenvalue weighted by Gasteiger charge is -2.14. The highest BCUT2D eigenvalue weighted by Gasteiger charge is 2.27. The Balaban J connectivity index is 2.39. The maximum atomic E-state index is 11.6. The van der Waals surface area contributed by atoms with Crippen molar-refractivity contribution in [1.82, 2.24) is 0 Å². The Hall–Kier alpha value is -1.55. The van der Waals surface area contributed by atoms with Gasteiger partial charge in [0.1, 0.15) is 0 Å². The first-order valence-electron chi connectivity index (χ1n) is 7.58. The number of aliphatic carboxylic acids is 1. The number of ether oxygens (including phenoxy) is 1. The van der Waals surface area contributed by atoms with Crippen LogP contribution in [0.15, 0.2) is 24.3 Å². The molecule has 0 saturated heterocycles. The van der Waals surface area contributed by atoms with Crippen molar-refractivity contribution < 1.29 is 19.4 Å². The van der Waals surface area contributed by atoms with E-state index < -0.39 is 17.9 Å². The van der Waals surface area contributed by atoms with Crippen molar-refractivity contribution in [2.24, 2.45) is 11.8 Å². The molecule has 1 aromatic carbocycles. The highest BCUT2D eigenvalue weighted by atomic mass is 35.5. The Kier molecular flexibility index (Phi) is 7.96. The molecule has 0 aliphatic carbocycles. The number of carbonyl (C=O) groups is 2. The molecule has 0 amide bonds. The van der Waals surface area contributed by atoms with Gasteiger partial charge in [0.25, 0.3) is 0 Å². The normalized spacial score (nSPS) is 13.4. The monoisotopic (exact) mass is 326 g/mol. The van der Waals surface area contributed by atoms with E-state index in [0.717, 1.165) is 17.9 Å². The topological polar surface area (TPSA) is 63.6 Å². The second-order valence-electron chi connectivity index (χ2n) is 5.51. The largest absolute Gasteiger partial charge is 0.481 e. The second kappa shape index (κ2) is 9.46. The number of hydrogen-bond acceptors (Lipinski definition) is 3. The van der Waals surface area contributed by atoms with Gasteiger partial charge in [-0.1, -0.05) is 43.5 Å². The van der Waals surface area contributed by atoms with E-state index in [1.54, 1.807) is 6.92 Å². The molecule has 1 aromatic rings. The fourth-order valence-electron chi connectivity index (χ4n) is 2.38. The van der Waals surface area contributed by atoms with Gasteiger partial charge in [-0.05, 0) is 43.4 Å². The quantitative estimate of drug-likeness (QED) is 0.551. The van der Waals surface area contributed by atoms with Crippen LogP contribution in [0.25, 0.3) is 0 Å². The van der Waals surface area contributed by atoms with Crippen LogP contribution in [0.4, 0.5) is 0 Å². The van der Waals surface area contributed by atoms with Crippen LogP contribution >= 0.6 is 11.6 Å². The summed E-state index contributed by atoms with van der Waals surface area (Å²) < 4.78 is 4.80. The summed E-state index contributed by atoms with van der Waals surface area (Å²) in [7, 11) is 0. The third-order valence-corrected chi connectivity index (χ3v) is 3.81. The van der Waals surface area contributed by atoms with Gasteiger partial charge in [0.15, 0.2) is 5.92 Å². The number of rotatable bonds is 9. The summed E-state index contributed by atoms with van der Waals surface area (Å²) in [6.45, 7) is 4.00. The molecule has 1 N–H and O–H groups in total. The van der Waals surface area contributed by atoms with Crippen molar-refractivity contribution in [3.05, 3.63) is 34.9 Å². The summed E-state index contributed by atoms with van der Waals surface area (Å²) >= 11 is 5.85. The molecule has 0 radical (unpaired) electrons. The second-order valence-corrected chi connectivity index (χ2v) is 5.95. The van der Waals surface area contributed by atoms with Crippen molar-refractivity contribution >= 4 is 23.5 Å². The molecule has 0 spiro atoms. The highest BCUT2D eigenvalue weighted by molar-refractivity contribution is 6.30. The maximum absolute atomic E-state index is 11.6. The van der Waals surface area contributed by atoms with E-state index in [1.165, 1.54) is 5.56 Å². The minimum atomic E-state index is -1.11. The van der Waals surface area contributed by atoms with Crippen LogP contribution in [0.1, 0.15) is 38.7 Å². The smallest absolute Gasteiger partial charge is 0.320 e. The Morgan fingerprint density at radius 3 is 2.41 bits per heavy atom. The first-order chi connectivity index (χ1) is 10.4. The molecule has 0 saturated carbocycles. The van der Waals surface area contributed by atoms with E-state index in [2.05, 4.69) is 6.92 Å². The van der Waals surface area contributed by atoms with Gasteiger partial charge in [-0.2, -0.15) is 0 Å². The van der Waals surface area contributed by atoms with Gasteiger partial charge >= 0.3 is 11.9 Å². The molecule has 0 aliphatic heterocycles. The van der Waals surface area contributed by atoms with E-state index in [-0.39, 0.29) is 6.61 Å². The fraction of sp³-hybridized carbons (Fsp3) is 0.529. The lowest BCUT2D eigenvalue weighted by atomic mass is 9.93. The lowest BCUT2D eigenvalue weighted by Crippen LogP contribution is -2.26. The summed E-state index contributed by atoms with van der Waals surface area (Å²) in [5, 5.41) is 9.80. The van der Waals surface area contributed by atoms with Gasteiger partial charge in [-0.25, -0.2) is 0 Å². The van der Waals surface area contributed by atoms with Crippen LogP contribution in [-0.4, -0.2) is 23.7 Å². The third-order valence-electron chi connectivity index (χ3n) is 3.56. The van der Waals surface area contributed by atoms with Crippen LogP contribution < -0.4 is 0 Å². The molecule has 0 bridgehead atoms. The highest BCUT2D eigenvalue weighted by Crippen LogP contribution is 2.19. The third kappa shape index (κ3) is 6.48. The first kappa shape index (κ1) is 18.5. The summed E-state index contributed by atoms with van der Waals surface area (Å²) in [4.78, 5) is 22.7. The van der Waals surface area contributed by atoms with Crippen LogP contribution in [0.2, 0.25) is 5.02 Å². The molecular weight excluding hydrogens is 304 g/mol. The van der Waals surface area contributed by atoms with Crippen molar-refractivity contribution in [1.29, 1.82) is 0 Å². The maximum Gasteiger partial charge on any atom is 0.320 e. The Labute approximate surface area is 136 Å². The van der Waals surface area contributed by atoms with Crippen LogP contribution in [0, 0.1) is 11.8 Å². The molecule has 0 aliphatic rings. The van der Waals surface area contributed by atoms with E-state index >= 15 is 0 Å². The van der Waals surface area contributed by atoms with Gasteiger partial charge < -0.3 is 9.84 Å². The zero-order valence-corrected chi connectivity index (χ0v) is 13.8. The lowest BCUT2D eigenvalue weighted by molar-refractivity contribution is -0.158. The number of carboxylic acids is 1. The minimum absolute atomic E-state index is 0.204. The number of carbonyl (C=O) groups excluding carboxylic acids is 1. The molecule has 0 heterocycles. The van der Waals surface area contributed by atoms with Gasteiger partial charge in [-0.3, -0.25) is 9.59 Å². The number of carboxylic acid groups (broad SMARTS) is 1. The first-order valence-corrected chi connectivity index (χ1v) is 7.95. The molecule has 22 heavy (non-hydrogen) atoms. The Bertz CT molecular complexity index is 484. The number of halogens is 1. The molecule has 2 atom stereocenters. The van der Waals surface area contributed by atoms with Crippen LogP contribution in [-0.2, 0) is 20.7 Å². The van der Waals surface area contributed by atoms with Gasteiger partial charge in [0, 0.05) is 5.02 Å². The van der Waals surface area contributed by atoms with E-state index in [0.29, 0.717) is 18.8 Å². The van der Waals surface area contributed by atoms with E-state index in [9.17, 15) is 9.59 Å². The molecule has 0 fully saturated rings. The molecule has 0 aromatic heterocycles. The Morgan fingerprint density at radius 2 is 1.86 bits per heavy atom. The fourth-order valence-corrected chi connectivity index (χ4v) is 2.51. The standard InChI is InChI=1S/C17H23ClO4/c1-3-22-17(21)15(16(19)20)6-4-5-12(2)11-13-7-9-14(18)10-8-13/h7-10,12,15H,3-6,11H2,1-2H3,(H,19,20). The molecule has 122 valence electrons. The number of esters is 1. The zero-order valence-electron chi connectivity index (χ0n) is 13.0. The van der Waals surface area contributed by atoms with Crippen LogP contribution in [0.3, 0.4) is 0 Å². The number of benzene rings is 1. The molecule has 2 unspecified atom stereocenters. The van der Waals surface area contributed by atoms with Crippen molar-refractivity contribution in [2.75, 3.05) is 6.61 Å². The summed E-state index contributed by atoms with van der Waals surface area (Å²) in [6, 6.07) is 7.73. The Morgan fingerprint density at radius 1 is 1.23 bits per heavy atom. The predicted molar refractivity (Wildman–Crippen MR) is 85.9 cm³/mol. The molecule has 1 rings (SSSR count). The van der Waals surface area contributed by atoms with Gasteiger partial charge in [-0.15, -0.1) is 0 Å². The van der Waals surface area contributed by atoms with Gasteiger partial charge in [0.2, 0.25) is 0 Å². The van der Waals surface area contributed by atoms with Gasteiger partial charge in [0.05, 0.1) is 6.61 Å². The number of hydrogen-bond donors (Lipinski definition) is 1. The van der Waals surface area contributed by atoms with Crippen molar-refractivity contribution in [3.8, 4) is 0 Å². The molecule has 4 nitrogen and oxygen atoms in total. The van der Waals surface area contributed by atoms with E-state index in [4.69, 9.17) is 21.4 Å².